The van der Waals surface area contributed by atoms with E-state index in [1.54, 1.807) is 22.7 Å². The van der Waals surface area contributed by atoms with Gasteiger partial charge in [-0.15, -0.1) is 22.7 Å². The van der Waals surface area contributed by atoms with E-state index in [0.29, 0.717) is 13.0 Å². The van der Waals surface area contributed by atoms with Crippen LogP contribution >= 0.6 is 22.7 Å². The van der Waals surface area contributed by atoms with Gasteiger partial charge in [0.25, 0.3) is 0 Å². The lowest BCUT2D eigenvalue weighted by Crippen LogP contribution is -2.14. The number of hydrogen-bond acceptors (Lipinski definition) is 5. The Hall–Kier alpha value is -2.70. The number of aryl methyl sites for hydroxylation is 1. The predicted molar refractivity (Wildman–Crippen MR) is 130 cm³/mol. The number of rotatable bonds is 6. The van der Waals surface area contributed by atoms with Crippen molar-refractivity contribution in [2.75, 3.05) is 11.9 Å². The zero-order chi connectivity index (χ0) is 21.2. The number of thiophene rings is 1. The number of anilines is 1. The van der Waals surface area contributed by atoms with Gasteiger partial charge in [-0.25, -0.2) is 4.98 Å². The Morgan fingerprint density at radius 3 is 2.68 bits per heavy atom. The van der Waals surface area contributed by atoms with E-state index in [1.165, 1.54) is 28.0 Å². The molecule has 0 bridgehead atoms. The van der Waals surface area contributed by atoms with E-state index in [0.717, 1.165) is 45.2 Å². The fourth-order valence-corrected chi connectivity index (χ4v) is 6.50. The number of carbonyl (C=O) groups excluding carboxylic acids is 1. The number of para-hydroxylation sites is 1. The second-order valence-corrected chi connectivity index (χ2v) is 9.84. The van der Waals surface area contributed by atoms with Crippen molar-refractivity contribution in [1.29, 1.82) is 0 Å². The van der Waals surface area contributed by atoms with Crippen molar-refractivity contribution in [2.24, 2.45) is 0 Å². The Morgan fingerprint density at radius 1 is 1.06 bits per heavy atom. The lowest BCUT2D eigenvalue weighted by molar-refractivity contribution is -0.115. The molecule has 6 heteroatoms. The first-order valence-corrected chi connectivity index (χ1v) is 12.4. The van der Waals surface area contributed by atoms with Crippen LogP contribution < -0.4 is 10.1 Å². The summed E-state index contributed by atoms with van der Waals surface area (Å²) in [4.78, 5) is 19.2. The number of amides is 1. The van der Waals surface area contributed by atoms with Crippen molar-refractivity contribution in [3.63, 3.8) is 0 Å². The van der Waals surface area contributed by atoms with Crippen LogP contribution in [0.25, 0.3) is 20.8 Å². The first kappa shape index (κ1) is 20.2. The summed E-state index contributed by atoms with van der Waals surface area (Å²) in [5, 5.41) is 5.17. The summed E-state index contributed by atoms with van der Waals surface area (Å²) in [6.07, 6.45) is 4.90. The first-order valence-electron chi connectivity index (χ1n) is 10.7. The van der Waals surface area contributed by atoms with E-state index in [4.69, 9.17) is 9.72 Å². The molecule has 0 radical (unpaired) electrons. The molecular weight excluding hydrogens is 424 g/mol. The second-order valence-electron chi connectivity index (χ2n) is 7.70. The Bertz CT molecular complexity index is 1190. The molecule has 2 aromatic carbocycles. The quantitative estimate of drug-likeness (QED) is 0.367. The normalized spacial score (nSPS) is 13.2. The van der Waals surface area contributed by atoms with Gasteiger partial charge in [-0.1, -0.05) is 24.3 Å². The summed E-state index contributed by atoms with van der Waals surface area (Å²) < 4.78 is 6.67. The van der Waals surface area contributed by atoms with Gasteiger partial charge >= 0.3 is 0 Å². The van der Waals surface area contributed by atoms with Crippen molar-refractivity contribution in [3.05, 3.63) is 64.5 Å². The minimum atomic E-state index is 0.00474. The first-order chi connectivity index (χ1) is 15.2. The molecule has 0 spiro atoms. The molecule has 0 unspecified atom stereocenters. The van der Waals surface area contributed by atoms with Gasteiger partial charge in [-0.3, -0.25) is 4.79 Å². The molecule has 2 heterocycles. The van der Waals surface area contributed by atoms with E-state index in [9.17, 15) is 4.79 Å². The van der Waals surface area contributed by atoms with Gasteiger partial charge in [0.05, 0.1) is 23.2 Å². The highest BCUT2D eigenvalue weighted by Crippen LogP contribution is 2.46. The molecule has 31 heavy (non-hydrogen) atoms. The van der Waals surface area contributed by atoms with Gasteiger partial charge in [0, 0.05) is 10.4 Å². The highest BCUT2D eigenvalue weighted by molar-refractivity contribution is 7.22. The van der Waals surface area contributed by atoms with Gasteiger partial charge in [-0.05, 0) is 68.0 Å². The summed E-state index contributed by atoms with van der Waals surface area (Å²) >= 11 is 3.44. The molecule has 4 nitrogen and oxygen atoms in total. The molecule has 1 amide bonds. The van der Waals surface area contributed by atoms with Crippen molar-refractivity contribution in [3.8, 4) is 16.3 Å². The molecule has 0 atom stereocenters. The molecule has 2 aromatic heterocycles. The number of ether oxygens (including phenoxy) is 1. The van der Waals surface area contributed by atoms with Crippen LogP contribution in [0.5, 0.6) is 5.75 Å². The van der Waals surface area contributed by atoms with Crippen molar-refractivity contribution in [2.45, 2.75) is 39.0 Å². The van der Waals surface area contributed by atoms with Crippen molar-refractivity contribution in [1.82, 2.24) is 4.98 Å². The van der Waals surface area contributed by atoms with Crippen LogP contribution in [-0.4, -0.2) is 17.5 Å². The molecule has 5 rings (SSSR count). The molecule has 0 aliphatic heterocycles. The Labute approximate surface area is 189 Å². The monoisotopic (exact) mass is 448 g/mol. The number of thiazole rings is 1. The lowest BCUT2D eigenvalue weighted by atomic mass is 9.95. The number of nitrogens with one attached hydrogen (secondary N) is 1. The summed E-state index contributed by atoms with van der Waals surface area (Å²) in [6.45, 7) is 2.60. The highest BCUT2D eigenvalue weighted by Gasteiger charge is 2.25. The topological polar surface area (TPSA) is 51.2 Å². The van der Waals surface area contributed by atoms with Crippen LogP contribution in [0.1, 0.15) is 35.8 Å². The molecule has 0 saturated carbocycles. The maximum Gasteiger partial charge on any atom is 0.229 e. The van der Waals surface area contributed by atoms with Crippen LogP contribution in [0.3, 0.4) is 0 Å². The smallest absolute Gasteiger partial charge is 0.229 e. The summed E-state index contributed by atoms with van der Waals surface area (Å²) in [5.74, 6) is 0.834. The Kier molecular flexibility index (Phi) is 5.74. The number of carbonyl (C=O) groups is 1. The Balaban J connectivity index is 1.43. The van der Waals surface area contributed by atoms with Crippen molar-refractivity contribution < 1.29 is 9.53 Å². The second kappa shape index (κ2) is 8.81. The molecular formula is C25H24N2O2S2. The third kappa shape index (κ3) is 4.23. The molecule has 1 aliphatic carbocycles. The van der Waals surface area contributed by atoms with Crippen molar-refractivity contribution >= 4 is 43.8 Å². The molecule has 158 valence electrons. The summed E-state index contributed by atoms with van der Waals surface area (Å²) in [6, 6.07) is 16.0. The van der Waals surface area contributed by atoms with E-state index in [-0.39, 0.29) is 5.91 Å². The predicted octanol–water partition coefficient (Wildman–Crippen LogP) is 6.48. The fraction of sp³-hybridized carbons (Fsp3) is 0.280. The van der Waals surface area contributed by atoms with Gasteiger partial charge < -0.3 is 10.1 Å². The van der Waals surface area contributed by atoms with Crippen LogP contribution in [-0.2, 0) is 24.1 Å². The third-order valence-corrected chi connectivity index (χ3v) is 7.79. The fourth-order valence-electron chi connectivity index (χ4n) is 4.09. The minimum absolute atomic E-state index is 0.00474. The Morgan fingerprint density at radius 2 is 1.87 bits per heavy atom. The van der Waals surface area contributed by atoms with Gasteiger partial charge in [0.1, 0.15) is 15.8 Å². The summed E-state index contributed by atoms with van der Waals surface area (Å²) in [7, 11) is 0. The molecule has 1 N–H and O–H groups in total. The number of aromatic nitrogens is 1. The number of benzene rings is 2. The number of nitrogens with zero attached hydrogens (tertiary/aromatic N) is 1. The average molecular weight is 449 g/mol. The molecule has 0 saturated heterocycles. The van der Waals surface area contributed by atoms with Gasteiger partial charge in [-0.2, -0.15) is 0 Å². The maximum absolute atomic E-state index is 12.9. The maximum atomic E-state index is 12.9. The van der Waals surface area contributed by atoms with E-state index >= 15 is 0 Å². The van der Waals surface area contributed by atoms with Gasteiger partial charge in [0.15, 0.2) is 0 Å². The number of fused-ring (bicyclic) bond motifs is 2. The highest BCUT2D eigenvalue weighted by atomic mass is 32.1. The van der Waals surface area contributed by atoms with Crippen LogP contribution in [0, 0.1) is 0 Å². The molecule has 0 fully saturated rings. The van der Waals surface area contributed by atoms with Crippen LogP contribution in [0.15, 0.2) is 48.5 Å². The number of hydrogen-bond donors (Lipinski definition) is 1. The van der Waals surface area contributed by atoms with Crippen LogP contribution in [0.2, 0.25) is 0 Å². The largest absolute Gasteiger partial charge is 0.494 e. The van der Waals surface area contributed by atoms with E-state index < -0.39 is 0 Å². The summed E-state index contributed by atoms with van der Waals surface area (Å²) in [5.41, 5.74) is 4.52. The van der Waals surface area contributed by atoms with Crippen LogP contribution in [0.4, 0.5) is 5.00 Å². The standard InChI is InChI=1S/C25H24N2O2S2/c1-2-29-17-13-11-16(12-14-17)15-22(28)27-25-23(18-7-3-5-9-20(18)30-25)24-26-19-8-4-6-10-21(19)31-24/h4,6,8,10-14H,2-3,5,7,9,15H2,1H3,(H,27,28). The lowest BCUT2D eigenvalue weighted by Gasteiger charge is -2.12. The zero-order valence-electron chi connectivity index (χ0n) is 17.4. The molecule has 4 aromatic rings. The van der Waals surface area contributed by atoms with E-state index in [1.807, 2.05) is 43.3 Å². The minimum Gasteiger partial charge on any atom is -0.494 e. The zero-order valence-corrected chi connectivity index (χ0v) is 19.1. The SMILES string of the molecule is CCOc1ccc(CC(=O)Nc2sc3c(c2-c2nc4ccccc4s2)CCCC3)cc1. The third-order valence-electron chi connectivity index (χ3n) is 5.53. The van der Waals surface area contributed by atoms with Gasteiger partial charge in [0.2, 0.25) is 5.91 Å². The molecule has 1 aliphatic rings. The average Bonchev–Trinajstić information content (AvgIpc) is 3.35. The van der Waals surface area contributed by atoms with E-state index in [2.05, 4.69) is 17.4 Å².